The molecule has 7 heteroatoms. The summed E-state index contributed by atoms with van der Waals surface area (Å²) >= 11 is 0. The molecule has 0 aromatic heterocycles. The van der Waals surface area contributed by atoms with Crippen LogP contribution in [0.15, 0.2) is 24.3 Å². The van der Waals surface area contributed by atoms with Gasteiger partial charge in [-0.1, -0.05) is 12.1 Å². The Kier molecular flexibility index (Phi) is 5.38. The molecule has 0 fully saturated rings. The van der Waals surface area contributed by atoms with Crippen molar-refractivity contribution in [3.8, 4) is 0 Å². The van der Waals surface area contributed by atoms with Crippen LogP contribution in [0.25, 0.3) is 0 Å². The van der Waals surface area contributed by atoms with E-state index >= 15 is 0 Å². The summed E-state index contributed by atoms with van der Waals surface area (Å²) in [4.78, 5) is 12.2. The average Bonchev–Trinajstić information content (AvgIpc) is 2.36. The summed E-state index contributed by atoms with van der Waals surface area (Å²) < 4.78 is 36.5. The number of urea groups is 1. The van der Waals surface area contributed by atoms with Gasteiger partial charge in [0.05, 0.1) is 0 Å². The van der Waals surface area contributed by atoms with E-state index in [1.54, 1.807) is 24.3 Å². The Morgan fingerprint density at radius 1 is 1.30 bits per heavy atom. The Bertz CT molecular complexity index is 445. The van der Waals surface area contributed by atoms with Gasteiger partial charge in [-0.3, -0.25) is 0 Å². The van der Waals surface area contributed by atoms with Gasteiger partial charge < -0.3 is 15.5 Å². The van der Waals surface area contributed by atoms with E-state index in [1.807, 2.05) is 14.0 Å². The van der Waals surface area contributed by atoms with Gasteiger partial charge in [-0.2, -0.15) is 13.2 Å². The summed E-state index contributed by atoms with van der Waals surface area (Å²) in [6, 6.07) is 6.29. The second kappa shape index (κ2) is 6.60. The number of nitrogens with one attached hydrogen (secondary N) is 2. The fraction of sp³-hybridized carbons (Fsp3) is 0.462. The molecular formula is C13H18F3N3O. The van der Waals surface area contributed by atoms with Crippen LogP contribution in [0.3, 0.4) is 0 Å². The van der Waals surface area contributed by atoms with Crippen LogP contribution in [0.4, 0.5) is 23.7 Å². The number of benzene rings is 1. The summed E-state index contributed by atoms with van der Waals surface area (Å²) in [5.41, 5.74) is 1.48. The van der Waals surface area contributed by atoms with Crippen molar-refractivity contribution in [2.24, 2.45) is 0 Å². The predicted octanol–water partition coefficient (Wildman–Crippen LogP) is 2.99. The van der Waals surface area contributed by atoms with Gasteiger partial charge in [-0.25, -0.2) is 4.79 Å². The van der Waals surface area contributed by atoms with Gasteiger partial charge in [0, 0.05) is 18.8 Å². The number of anilines is 1. The van der Waals surface area contributed by atoms with Crippen LogP contribution in [-0.2, 0) is 0 Å². The lowest BCUT2D eigenvalue weighted by atomic mass is 10.1. The molecule has 4 nitrogen and oxygen atoms in total. The number of hydrogen-bond acceptors (Lipinski definition) is 2. The Hall–Kier alpha value is -1.76. The van der Waals surface area contributed by atoms with Crippen molar-refractivity contribution in [2.75, 3.05) is 26.0 Å². The molecule has 1 atom stereocenters. The first kappa shape index (κ1) is 16.3. The molecule has 1 rings (SSSR count). The summed E-state index contributed by atoms with van der Waals surface area (Å²) in [6.07, 6.45) is -4.40. The molecule has 0 aliphatic carbocycles. The van der Waals surface area contributed by atoms with Crippen molar-refractivity contribution < 1.29 is 18.0 Å². The molecule has 0 spiro atoms. The first-order valence-corrected chi connectivity index (χ1v) is 6.09. The number of carbonyl (C=O) groups excluding carboxylic acids is 1. The van der Waals surface area contributed by atoms with E-state index in [2.05, 4.69) is 10.6 Å². The van der Waals surface area contributed by atoms with Crippen molar-refractivity contribution in [1.29, 1.82) is 0 Å². The number of nitrogens with zero attached hydrogens (tertiary/aromatic N) is 1. The van der Waals surface area contributed by atoms with Crippen molar-refractivity contribution >= 4 is 11.7 Å². The summed E-state index contributed by atoms with van der Waals surface area (Å²) in [5, 5.41) is 5.48. The summed E-state index contributed by atoms with van der Waals surface area (Å²) in [7, 11) is 2.92. The van der Waals surface area contributed by atoms with Crippen LogP contribution in [0, 0.1) is 0 Å². The van der Waals surface area contributed by atoms with Gasteiger partial charge in [0.15, 0.2) is 0 Å². The van der Waals surface area contributed by atoms with E-state index in [1.165, 1.54) is 0 Å². The summed E-state index contributed by atoms with van der Waals surface area (Å²) in [6.45, 7) is 0.693. The maximum atomic E-state index is 12.2. The zero-order chi connectivity index (χ0) is 15.3. The number of carbonyl (C=O) groups is 1. The van der Waals surface area contributed by atoms with Crippen LogP contribution in [0.1, 0.15) is 18.5 Å². The van der Waals surface area contributed by atoms with Crippen LogP contribution in [0.2, 0.25) is 0 Å². The van der Waals surface area contributed by atoms with Crippen molar-refractivity contribution in [3.05, 3.63) is 29.8 Å². The standard InChI is InChI=1S/C13H18F3N3O/c1-9(17-2)10-4-6-11(7-5-10)18-12(20)19(3)8-13(14,15)16/h4-7,9,17H,8H2,1-3H3,(H,18,20). The molecule has 0 saturated carbocycles. The third-order valence-electron chi connectivity index (χ3n) is 2.86. The van der Waals surface area contributed by atoms with Gasteiger partial charge in [-0.05, 0) is 31.7 Å². The molecule has 1 aromatic rings. The second-order valence-electron chi connectivity index (χ2n) is 4.53. The molecule has 1 unspecified atom stereocenters. The quantitative estimate of drug-likeness (QED) is 0.895. The van der Waals surface area contributed by atoms with Crippen molar-refractivity contribution in [2.45, 2.75) is 19.1 Å². The SMILES string of the molecule is CNC(C)c1ccc(NC(=O)N(C)CC(F)(F)F)cc1. The zero-order valence-electron chi connectivity index (χ0n) is 11.6. The molecule has 0 heterocycles. The molecule has 0 aliphatic heterocycles. The van der Waals surface area contributed by atoms with Gasteiger partial charge >= 0.3 is 12.2 Å². The molecule has 1 aromatic carbocycles. The number of rotatable bonds is 4. The minimum Gasteiger partial charge on any atom is -0.318 e. The molecule has 0 saturated heterocycles. The van der Waals surface area contributed by atoms with Gasteiger partial charge in [0.25, 0.3) is 0 Å². The maximum absolute atomic E-state index is 12.2. The third-order valence-corrected chi connectivity index (χ3v) is 2.86. The van der Waals surface area contributed by atoms with Crippen molar-refractivity contribution in [3.63, 3.8) is 0 Å². The lowest BCUT2D eigenvalue weighted by molar-refractivity contribution is -0.137. The van der Waals surface area contributed by atoms with Crippen LogP contribution < -0.4 is 10.6 Å². The summed E-state index contributed by atoms with van der Waals surface area (Å²) in [5.74, 6) is 0. The number of hydrogen-bond donors (Lipinski definition) is 2. The lowest BCUT2D eigenvalue weighted by Crippen LogP contribution is -2.38. The first-order valence-electron chi connectivity index (χ1n) is 6.09. The molecule has 0 aliphatic rings. The second-order valence-corrected chi connectivity index (χ2v) is 4.53. The van der Waals surface area contributed by atoms with Crippen LogP contribution >= 0.6 is 0 Å². The van der Waals surface area contributed by atoms with E-state index in [4.69, 9.17) is 0 Å². The molecule has 2 N–H and O–H groups in total. The van der Waals surface area contributed by atoms with Crippen molar-refractivity contribution in [1.82, 2.24) is 10.2 Å². The third kappa shape index (κ3) is 5.08. The normalized spacial score (nSPS) is 12.9. The van der Waals surface area contributed by atoms with E-state index < -0.39 is 18.8 Å². The molecule has 2 amide bonds. The highest BCUT2D eigenvalue weighted by Gasteiger charge is 2.31. The molecule has 0 radical (unpaired) electrons. The Morgan fingerprint density at radius 2 is 1.85 bits per heavy atom. The largest absolute Gasteiger partial charge is 0.406 e. The molecular weight excluding hydrogens is 271 g/mol. The van der Waals surface area contributed by atoms with Gasteiger partial charge in [0.1, 0.15) is 6.54 Å². The molecule has 0 bridgehead atoms. The highest BCUT2D eigenvalue weighted by atomic mass is 19.4. The zero-order valence-corrected chi connectivity index (χ0v) is 11.6. The molecule has 20 heavy (non-hydrogen) atoms. The van der Waals surface area contributed by atoms with Crippen LogP contribution in [0.5, 0.6) is 0 Å². The lowest BCUT2D eigenvalue weighted by Gasteiger charge is -2.19. The Balaban J connectivity index is 2.62. The topological polar surface area (TPSA) is 44.4 Å². The van der Waals surface area contributed by atoms with E-state index in [9.17, 15) is 18.0 Å². The number of amides is 2. The van der Waals surface area contributed by atoms with Gasteiger partial charge in [0.2, 0.25) is 0 Å². The monoisotopic (exact) mass is 289 g/mol. The maximum Gasteiger partial charge on any atom is 0.406 e. The fourth-order valence-electron chi connectivity index (χ4n) is 1.58. The van der Waals surface area contributed by atoms with E-state index in [0.29, 0.717) is 10.6 Å². The predicted molar refractivity (Wildman–Crippen MR) is 71.6 cm³/mol. The Labute approximate surface area is 116 Å². The highest BCUT2D eigenvalue weighted by molar-refractivity contribution is 5.89. The highest BCUT2D eigenvalue weighted by Crippen LogP contribution is 2.18. The minimum atomic E-state index is -4.40. The average molecular weight is 289 g/mol. The van der Waals surface area contributed by atoms with Gasteiger partial charge in [-0.15, -0.1) is 0 Å². The van der Waals surface area contributed by atoms with Crippen LogP contribution in [-0.4, -0.2) is 37.7 Å². The number of halogens is 3. The van der Waals surface area contributed by atoms with E-state index in [0.717, 1.165) is 12.6 Å². The smallest absolute Gasteiger partial charge is 0.318 e. The van der Waals surface area contributed by atoms with E-state index in [-0.39, 0.29) is 6.04 Å². The molecule has 112 valence electrons. The number of alkyl halides is 3. The minimum absolute atomic E-state index is 0.160. The fourth-order valence-corrected chi connectivity index (χ4v) is 1.58. The Morgan fingerprint density at radius 3 is 2.30 bits per heavy atom. The first-order chi connectivity index (χ1) is 9.23.